The van der Waals surface area contributed by atoms with Crippen molar-refractivity contribution >= 4 is 11.8 Å². The molecule has 0 bridgehead atoms. The van der Waals surface area contributed by atoms with E-state index in [2.05, 4.69) is 20.3 Å². The van der Waals surface area contributed by atoms with E-state index in [-0.39, 0.29) is 25.0 Å². The number of cyclic esters (lactones) is 1. The number of alkyl halides is 1. The van der Waals surface area contributed by atoms with Gasteiger partial charge in [0.15, 0.2) is 12.6 Å². The number of likely N-dealkylation sites (N-methyl/N-ethyl adjacent to an activating group) is 1. The van der Waals surface area contributed by atoms with E-state index in [1.807, 2.05) is 50.1 Å². The second kappa shape index (κ2) is 25.0. The first-order valence-electron chi connectivity index (χ1n) is 26.2. The minimum absolute atomic E-state index is 0.0478. The van der Waals surface area contributed by atoms with E-state index in [1.54, 1.807) is 71.7 Å². The van der Waals surface area contributed by atoms with Crippen LogP contribution in [0.25, 0.3) is 11.1 Å². The number of aliphatic hydroxyl groups is 4. The molecular weight excluding hydrogens is 960 g/mol. The normalized spacial score (nSPS) is 38.3. The van der Waals surface area contributed by atoms with Gasteiger partial charge in [0.2, 0.25) is 0 Å². The van der Waals surface area contributed by atoms with Crippen LogP contribution in [0.1, 0.15) is 112 Å². The second-order valence-electron chi connectivity index (χ2n) is 21.9. The van der Waals surface area contributed by atoms with Crippen molar-refractivity contribution in [3.63, 3.8) is 0 Å². The highest BCUT2D eigenvalue weighted by molar-refractivity contribution is 5.83. The molecule has 0 amide bonds. The number of hydrogen-bond acceptors (Lipinski definition) is 18. The van der Waals surface area contributed by atoms with Gasteiger partial charge in [0, 0.05) is 81.6 Å². The summed E-state index contributed by atoms with van der Waals surface area (Å²) in [6.07, 6.45) is -2.34. The summed E-state index contributed by atoms with van der Waals surface area (Å²) in [5.41, 5.74) is -1.02. The van der Waals surface area contributed by atoms with Gasteiger partial charge in [-0.15, -0.1) is 5.10 Å². The lowest BCUT2D eigenvalue weighted by atomic mass is 9.74. The van der Waals surface area contributed by atoms with Crippen LogP contribution < -0.4 is 0 Å². The fourth-order valence-corrected chi connectivity index (χ4v) is 11.3. The molecule has 5 heterocycles. The molecule has 3 aromatic rings. The summed E-state index contributed by atoms with van der Waals surface area (Å²) >= 11 is 0. The predicted molar refractivity (Wildman–Crippen MR) is 270 cm³/mol. The van der Waals surface area contributed by atoms with E-state index in [4.69, 9.17) is 33.2 Å². The first kappa shape index (κ1) is 59.3. The molecular formula is C54H83FN6O13. The van der Waals surface area contributed by atoms with Crippen molar-refractivity contribution < 1.29 is 67.6 Å². The summed E-state index contributed by atoms with van der Waals surface area (Å²) in [5.74, 6) is -4.83. The van der Waals surface area contributed by atoms with Crippen molar-refractivity contribution in [3.05, 3.63) is 60.4 Å². The summed E-state index contributed by atoms with van der Waals surface area (Å²) in [6.45, 7) is 16.7. The SMILES string of the molecule is CC[C@H]1OC(=O)[C@H](C)[C@@H](O[C@H]2C[C@@](C)(OC)[C@@H](O)[C@H](C)O2)[C@H](C)[C@@H](O[C@@H]2O[C@H](C)C[C@H](N(C)CCc3cn([C@H](CF)Cc4ccc(-c5cncnc5)cc4)nn3)[C@H]2O)[C@](C)(OC)C[C@@H](C)C(=O)[C@H](C)[C@@H](O)[C@]1(C)O. The number of esters is 1. The molecule has 3 aliphatic rings. The number of ketones is 1. The molecule has 2 aromatic heterocycles. The molecule has 414 valence electrons. The van der Waals surface area contributed by atoms with Crippen LogP contribution in [0, 0.1) is 23.7 Å². The van der Waals surface area contributed by atoms with Gasteiger partial charge in [-0.05, 0) is 85.4 Å². The van der Waals surface area contributed by atoms with Gasteiger partial charge in [0.1, 0.15) is 42.7 Å². The Morgan fingerprint density at radius 2 is 1.55 bits per heavy atom. The standard InChI is InChI=1S/C54H83FN6O13/c1-14-42-54(10,67)47(64)32(4)44(62)30(2)23-53(9,69-13)49(33(5)46(34(6)50(66)72-42)73-43-24-52(8,68-12)48(65)35(7)71-43)74-51-45(63)41(21-31(3)70-51)60(11)20-19-39-28-61(59-58-39)40(25-55)22-36-15-17-37(18-16-36)38-26-56-29-57-27-38/h15-18,26-35,40-43,45-49,51,63-65,67H,14,19-25H2,1-13H3/t30-,31-,32+,33+,34-,35+,40+,41+,42-,43+,45-,46+,47-,48+,49-,51+,52-,53-,54-/m1/s1. The number of ether oxygens (including phenoxy) is 7. The Labute approximate surface area is 435 Å². The number of benzene rings is 1. The van der Waals surface area contributed by atoms with Crippen LogP contribution >= 0.6 is 0 Å². The third-order valence-corrected chi connectivity index (χ3v) is 16.3. The van der Waals surface area contributed by atoms with E-state index in [9.17, 15) is 34.4 Å². The lowest BCUT2D eigenvalue weighted by molar-refractivity contribution is -0.319. The quantitative estimate of drug-likeness (QED) is 0.140. The largest absolute Gasteiger partial charge is 0.459 e. The zero-order chi connectivity index (χ0) is 54.4. The number of methoxy groups -OCH3 is 2. The number of halogens is 1. The fraction of sp³-hybridized carbons (Fsp3) is 0.741. The van der Waals surface area contributed by atoms with Crippen molar-refractivity contribution in [2.24, 2.45) is 23.7 Å². The topological polar surface area (TPSA) is 239 Å². The Balaban J connectivity index is 1.26. The number of carbonyl (C=O) groups is 2. The highest BCUT2D eigenvalue weighted by Crippen LogP contribution is 2.42. The first-order chi connectivity index (χ1) is 34.9. The Morgan fingerprint density at radius 3 is 2.18 bits per heavy atom. The number of Topliss-reactive ketones (excluding diaryl/α,β-unsaturated/α-hetero) is 1. The van der Waals surface area contributed by atoms with E-state index in [0.717, 1.165) is 16.7 Å². The maximum Gasteiger partial charge on any atom is 0.311 e. The third kappa shape index (κ3) is 13.2. The molecule has 74 heavy (non-hydrogen) atoms. The highest BCUT2D eigenvalue weighted by atomic mass is 19.1. The minimum Gasteiger partial charge on any atom is -0.459 e. The maximum absolute atomic E-state index is 14.6. The Hall–Kier alpha value is -3.93. The molecule has 3 aliphatic heterocycles. The van der Waals surface area contributed by atoms with Crippen LogP contribution in [0.3, 0.4) is 0 Å². The molecule has 6 rings (SSSR count). The monoisotopic (exact) mass is 1040 g/mol. The van der Waals surface area contributed by atoms with Gasteiger partial charge < -0.3 is 58.5 Å². The molecule has 0 aliphatic carbocycles. The molecule has 0 unspecified atom stereocenters. The van der Waals surface area contributed by atoms with Crippen molar-refractivity contribution in [2.45, 2.75) is 198 Å². The van der Waals surface area contributed by atoms with Crippen molar-refractivity contribution in [1.29, 1.82) is 0 Å². The average Bonchev–Trinajstić information content (AvgIpc) is 3.87. The zero-order valence-corrected chi connectivity index (χ0v) is 45.5. The van der Waals surface area contributed by atoms with Crippen LogP contribution in [0.2, 0.25) is 0 Å². The molecule has 3 fully saturated rings. The first-order valence-corrected chi connectivity index (χ1v) is 26.2. The van der Waals surface area contributed by atoms with Gasteiger partial charge in [-0.1, -0.05) is 57.2 Å². The van der Waals surface area contributed by atoms with Gasteiger partial charge >= 0.3 is 5.97 Å². The Kier molecular flexibility index (Phi) is 20.1. The molecule has 1 aromatic carbocycles. The van der Waals surface area contributed by atoms with Gasteiger partial charge in [-0.3, -0.25) is 9.59 Å². The van der Waals surface area contributed by atoms with E-state index in [0.29, 0.717) is 31.5 Å². The Morgan fingerprint density at radius 1 is 0.892 bits per heavy atom. The molecule has 0 spiro atoms. The van der Waals surface area contributed by atoms with E-state index in [1.165, 1.54) is 27.5 Å². The second-order valence-corrected chi connectivity index (χ2v) is 21.9. The lowest BCUT2D eigenvalue weighted by Gasteiger charge is -2.50. The summed E-state index contributed by atoms with van der Waals surface area (Å²) in [5, 5.41) is 55.5. The number of rotatable bonds is 16. The molecule has 3 saturated heterocycles. The molecule has 19 atom stereocenters. The predicted octanol–water partition coefficient (Wildman–Crippen LogP) is 4.85. The van der Waals surface area contributed by atoms with Crippen LogP contribution in [0.15, 0.2) is 49.2 Å². The minimum atomic E-state index is -2.01. The summed E-state index contributed by atoms with van der Waals surface area (Å²) in [4.78, 5) is 39.0. The number of carbonyl (C=O) groups excluding carboxylic acids is 2. The number of aromatic nitrogens is 5. The number of hydrogen-bond donors (Lipinski definition) is 4. The van der Waals surface area contributed by atoms with Gasteiger partial charge in [0.05, 0.1) is 59.4 Å². The summed E-state index contributed by atoms with van der Waals surface area (Å²) < 4.78 is 60.9. The van der Waals surface area contributed by atoms with Crippen LogP contribution in [-0.2, 0) is 55.6 Å². The average molecular weight is 1040 g/mol. The highest BCUT2D eigenvalue weighted by Gasteiger charge is 2.54. The van der Waals surface area contributed by atoms with E-state index >= 15 is 0 Å². The van der Waals surface area contributed by atoms with Gasteiger partial charge in [-0.25, -0.2) is 19.0 Å². The molecule has 20 heteroatoms. The smallest absolute Gasteiger partial charge is 0.311 e. The van der Waals surface area contributed by atoms with Crippen LogP contribution in [0.4, 0.5) is 4.39 Å². The Bertz CT molecular complexity index is 2260. The van der Waals surface area contributed by atoms with E-state index < -0.39 is 127 Å². The maximum atomic E-state index is 14.6. The summed E-state index contributed by atoms with van der Waals surface area (Å²) in [7, 11) is 4.88. The molecule has 0 saturated carbocycles. The number of nitrogens with zero attached hydrogens (tertiary/aromatic N) is 6. The molecule has 4 N–H and O–H groups in total. The molecule has 19 nitrogen and oxygen atoms in total. The van der Waals surface area contributed by atoms with Gasteiger partial charge in [-0.2, -0.15) is 0 Å². The molecule has 0 radical (unpaired) electrons. The fourth-order valence-electron chi connectivity index (χ4n) is 11.3. The van der Waals surface area contributed by atoms with Crippen molar-refractivity contribution in [2.75, 3.05) is 34.5 Å². The lowest BCUT2D eigenvalue weighted by Crippen LogP contribution is -2.61. The van der Waals surface area contributed by atoms with Crippen molar-refractivity contribution in [3.8, 4) is 11.1 Å². The zero-order valence-electron chi connectivity index (χ0n) is 45.5. The van der Waals surface area contributed by atoms with Crippen LogP contribution in [0.5, 0.6) is 0 Å². The summed E-state index contributed by atoms with van der Waals surface area (Å²) in [6, 6.07) is 6.78. The van der Waals surface area contributed by atoms with Crippen LogP contribution in [-0.4, -0.2) is 181 Å². The number of aliphatic hydroxyl groups excluding tert-OH is 3. The van der Waals surface area contributed by atoms with Crippen molar-refractivity contribution in [1.82, 2.24) is 29.9 Å². The van der Waals surface area contributed by atoms with Gasteiger partial charge in [0.25, 0.3) is 0 Å². The third-order valence-electron chi connectivity index (χ3n) is 16.3.